The number of halogens is 1. The summed E-state index contributed by atoms with van der Waals surface area (Å²) < 4.78 is 42.9. The van der Waals surface area contributed by atoms with Crippen molar-refractivity contribution < 1.29 is 17.5 Å². The lowest BCUT2D eigenvalue weighted by molar-refractivity contribution is 0.305. The van der Waals surface area contributed by atoms with Crippen molar-refractivity contribution in [1.29, 1.82) is 0 Å². The number of aryl methyl sites for hydroxylation is 1. The van der Waals surface area contributed by atoms with Gasteiger partial charge in [-0.25, -0.2) is 17.8 Å². The maximum atomic E-state index is 13.4. The van der Waals surface area contributed by atoms with E-state index in [1.165, 1.54) is 29.7 Å². The summed E-state index contributed by atoms with van der Waals surface area (Å²) in [6.45, 7) is 2.31. The van der Waals surface area contributed by atoms with E-state index in [-0.39, 0.29) is 10.7 Å². The lowest BCUT2D eigenvalue weighted by Gasteiger charge is -2.04. The Morgan fingerprint density at radius 1 is 0.903 bits per heavy atom. The summed E-state index contributed by atoms with van der Waals surface area (Å²) in [6, 6.07) is 20.6. The molecule has 0 aliphatic heterocycles. The predicted molar refractivity (Wildman–Crippen MR) is 122 cm³/mol. The second-order valence-corrected chi connectivity index (χ2v) is 10.3. The fraction of sp³-hybridized carbons (Fsp3) is 0.125. The Hall–Kier alpha value is -3.03. The van der Waals surface area contributed by atoms with Crippen LogP contribution in [0.25, 0.3) is 21.7 Å². The zero-order valence-electron chi connectivity index (χ0n) is 17.0. The highest BCUT2D eigenvalue weighted by atomic mass is 32.2. The molecule has 0 aliphatic rings. The van der Waals surface area contributed by atoms with Crippen molar-refractivity contribution in [2.45, 2.75) is 18.4 Å². The van der Waals surface area contributed by atoms with E-state index in [1.807, 2.05) is 31.2 Å². The molecule has 0 saturated heterocycles. The van der Waals surface area contributed by atoms with Crippen molar-refractivity contribution >= 4 is 21.2 Å². The van der Waals surface area contributed by atoms with Crippen molar-refractivity contribution in [3.05, 3.63) is 89.2 Å². The molecule has 0 unspecified atom stereocenters. The molecule has 4 rings (SSSR count). The van der Waals surface area contributed by atoms with E-state index in [2.05, 4.69) is 0 Å². The molecule has 1 aromatic heterocycles. The van der Waals surface area contributed by atoms with E-state index >= 15 is 0 Å². The first kappa shape index (κ1) is 21.2. The summed E-state index contributed by atoms with van der Waals surface area (Å²) in [7, 11) is -3.28. The summed E-state index contributed by atoms with van der Waals surface area (Å²) in [6.07, 6.45) is 1.18. The van der Waals surface area contributed by atoms with Crippen LogP contribution in [0.5, 0.6) is 5.75 Å². The van der Waals surface area contributed by atoms with Crippen LogP contribution < -0.4 is 4.74 Å². The van der Waals surface area contributed by atoms with E-state index < -0.39 is 9.84 Å². The van der Waals surface area contributed by atoms with Gasteiger partial charge in [0.1, 0.15) is 23.2 Å². The summed E-state index contributed by atoms with van der Waals surface area (Å²) in [4.78, 5) is 5.87. The van der Waals surface area contributed by atoms with Crippen molar-refractivity contribution in [2.75, 3.05) is 6.26 Å². The van der Waals surface area contributed by atoms with Crippen LogP contribution in [0.3, 0.4) is 0 Å². The number of sulfone groups is 1. The maximum absolute atomic E-state index is 13.4. The molecule has 0 radical (unpaired) electrons. The fourth-order valence-electron chi connectivity index (χ4n) is 3.06. The second-order valence-electron chi connectivity index (χ2n) is 7.19. The van der Waals surface area contributed by atoms with Crippen LogP contribution in [0.15, 0.2) is 77.7 Å². The Morgan fingerprint density at radius 2 is 1.52 bits per heavy atom. The normalized spacial score (nSPS) is 11.5. The molecule has 3 aromatic carbocycles. The van der Waals surface area contributed by atoms with Crippen molar-refractivity contribution in [1.82, 2.24) is 4.98 Å². The lowest BCUT2D eigenvalue weighted by atomic mass is 10.1. The lowest BCUT2D eigenvalue weighted by Crippen LogP contribution is -1.96. The molecule has 0 bridgehead atoms. The summed E-state index contributed by atoms with van der Waals surface area (Å²) in [5, 5.41) is 0.766. The fourth-order valence-corrected chi connectivity index (χ4v) is 4.69. The van der Waals surface area contributed by atoms with Gasteiger partial charge in [0.25, 0.3) is 0 Å². The van der Waals surface area contributed by atoms with Gasteiger partial charge in [-0.3, -0.25) is 0 Å². The first-order chi connectivity index (χ1) is 14.8. The summed E-state index contributed by atoms with van der Waals surface area (Å²) in [5.74, 6) is 0.434. The van der Waals surface area contributed by atoms with Crippen LogP contribution in [0, 0.1) is 12.7 Å². The van der Waals surface area contributed by atoms with Crippen molar-refractivity contribution in [3.8, 4) is 27.4 Å². The minimum atomic E-state index is -3.28. The van der Waals surface area contributed by atoms with E-state index in [9.17, 15) is 12.8 Å². The number of hydrogen-bond acceptors (Lipinski definition) is 5. The minimum absolute atomic E-state index is 0.257. The molecule has 7 heteroatoms. The third-order valence-corrected chi connectivity index (χ3v) is 6.92. The van der Waals surface area contributed by atoms with Crippen molar-refractivity contribution in [3.63, 3.8) is 0 Å². The van der Waals surface area contributed by atoms with Crippen molar-refractivity contribution in [2.24, 2.45) is 0 Å². The van der Waals surface area contributed by atoms with Gasteiger partial charge < -0.3 is 4.74 Å². The highest BCUT2D eigenvalue weighted by Crippen LogP contribution is 2.37. The Kier molecular flexibility index (Phi) is 5.89. The molecule has 0 saturated carbocycles. The number of hydrogen-bond donors (Lipinski definition) is 0. The van der Waals surface area contributed by atoms with Gasteiger partial charge in [-0.2, -0.15) is 0 Å². The highest BCUT2D eigenvalue weighted by molar-refractivity contribution is 7.90. The van der Waals surface area contributed by atoms with Gasteiger partial charge in [0.05, 0.1) is 15.5 Å². The quantitative estimate of drug-likeness (QED) is 0.364. The van der Waals surface area contributed by atoms with Gasteiger partial charge in [0.15, 0.2) is 9.84 Å². The number of aromatic nitrogens is 1. The van der Waals surface area contributed by atoms with Gasteiger partial charge in [-0.1, -0.05) is 29.8 Å². The molecular formula is C24H20FNO3S2. The SMILES string of the molecule is Cc1ccc(OCc2nc(-c3ccc(F)cc3)c(-c3ccc(S(C)(=O)=O)cc3)s2)cc1. The molecule has 4 nitrogen and oxygen atoms in total. The summed E-state index contributed by atoms with van der Waals surface area (Å²) >= 11 is 1.47. The van der Waals surface area contributed by atoms with Crippen LogP contribution in [0.4, 0.5) is 4.39 Å². The molecule has 4 aromatic rings. The Labute approximate surface area is 184 Å². The van der Waals surface area contributed by atoms with Crippen LogP contribution in [-0.4, -0.2) is 19.7 Å². The zero-order valence-corrected chi connectivity index (χ0v) is 18.6. The molecule has 0 amide bonds. The standard InChI is InChI=1S/C24H20FNO3S2/c1-16-3-11-20(12-4-16)29-15-22-26-23(17-5-9-19(25)10-6-17)24(30-22)18-7-13-21(14-8-18)31(2,27)28/h3-14H,15H2,1-2H3. The largest absolute Gasteiger partial charge is 0.486 e. The number of thiazole rings is 1. The van der Waals surface area contributed by atoms with Crippen LogP contribution in [-0.2, 0) is 16.4 Å². The van der Waals surface area contributed by atoms with Crippen LogP contribution in [0.2, 0.25) is 0 Å². The smallest absolute Gasteiger partial charge is 0.175 e. The van der Waals surface area contributed by atoms with E-state index in [1.54, 1.807) is 36.4 Å². The Balaban J connectivity index is 1.70. The minimum Gasteiger partial charge on any atom is -0.486 e. The third-order valence-electron chi connectivity index (χ3n) is 4.72. The zero-order chi connectivity index (χ0) is 22.0. The van der Waals surface area contributed by atoms with Crippen LogP contribution >= 0.6 is 11.3 Å². The van der Waals surface area contributed by atoms with Gasteiger partial charge in [0, 0.05) is 11.8 Å². The second kappa shape index (κ2) is 8.61. The van der Waals surface area contributed by atoms with Crippen LogP contribution in [0.1, 0.15) is 10.6 Å². The molecular weight excluding hydrogens is 433 g/mol. The molecule has 158 valence electrons. The topological polar surface area (TPSA) is 56.3 Å². The summed E-state index contributed by atoms with van der Waals surface area (Å²) in [5.41, 5.74) is 3.48. The Morgan fingerprint density at radius 3 is 2.13 bits per heavy atom. The molecule has 31 heavy (non-hydrogen) atoms. The number of ether oxygens (including phenoxy) is 1. The average Bonchev–Trinajstić information content (AvgIpc) is 3.18. The molecule has 0 N–H and O–H groups in total. The number of benzene rings is 3. The monoisotopic (exact) mass is 453 g/mol. The molecule has 0 atom stereocenters. The third kappa shape index (κ3) is 5.00. The van der Waals surface area contributed by atoms with E-state index in [0.717, 1.165) is 32.3 Å². The first-order valence-corrected chi connectivity index (χ1v) is 12.3. The molecule has 0 fully saturated rings. The van der Waals surface area contributed by atoms with Gasteiger partial charge in [0.2, 0.25) is 0 Å². The molecule has 0 spiro atoms. The highest BCUT2D eigenvalue weighted by Gasteiger charge is 2.17. The molecule has 1 heterocycles. The maximum Gasteiger partial charge on any atom is 0.175 e. The van der Waals surface area contributed by atoms with Gasteiger partial charge >= 0.3 is 0 Å². The first-order valence-electron chi connectivity index (χ1n) is 9.55. The number of nitrogens with zero attached hydrogens (tertiary/aromatic N) is 1. The number of rotatable bonds is 6. The predicted octanol–water partition coefficient (Wildman–Crippen LogP) is 5.91. The molecule has 0 aliphatic carbocycles. The van der Waals surface area contributed by atoms with Gasteiger partial charge in [-0.05, 0) is 61.0 Å². The Bertz CT molecular complexity index is 1290. The average molecular weight is 454 g/mol. The van der Waals surface area contributed by atoms with E-state index in [0.29, 0.717) is 12.3 Å². The van der Waals surface area contributed by atoms with Gasteiger partial charge in [-0.15, -0.1) is 11.3 Å². The van der Waals surface area contributed by atoms with E-state index in [4.69, 9.17) is 9.72 Å².